The van der Waals surface area contributed by atoms with Gasteiger partial charge in [0, 0.05) is 12.2 Å². The number of anilines is 1. The average molecular weight is 255 g/mol. The molecule has 4 N–H and O–H groups in total. The van der Waals surface area contributed by atoms with Crippen LogP contribution in [0.4, 0.5) is 5.69 Å². The molecule has 0 unspecified atom stereocenters. The summed E-state index contributed by atoms with van der Waals surface area (Å²) in [6.45, 7) is 0.247. The lowest BCUT2D eigenvalue weighted by Crippen LogP contribution is -2.47. The van der Waals surface area contributed by atoms with E-state index in [1.54, 1.807) is 18.2 Å². The largest absolute Gasteiger partial charge is 0.398 e. The van der Waals surface area contributed by atoms with Crippen LogP contribution in [0, 0.1) is 0 Å². The summed E-state index contributed by atoms with van der Waals surface area (Å²) in [5, 5.41) is 12.9. The minimum atomic E-state index is -0.744. The fraction of sp³-hybridized carbons (Fsp3) is 0.417. The minimum Gasteiger partial charge on any atom is -0.398 e. The van der Waals surface area contributed by atoms with E-state index in [-0.39, 0.29) is 18.0 Å². The Bertz CT molecular complexity index is 424. The summed E-state index contributed by atoms with van der Waals surface area (Å²) in [4.78, 5) is 11.9. The van der Waals surface area contributed by atoms with Crippen LogP contribution in [-0.2, 0) is 0 Å². The van der Waals surface area contributed by atoms with Crippen molar-refractivity contribution in [3.8, 4) is 0 Å². The van der Waals surface area contributed by atoms with Crippen molar-refractivity contribution in [2.75, 3.05) is 12.3 Å². The van der Waals surface area contributed by atoms with E-state index in [4.69, 9.17) is 17.3 Å². The fourth-order valence-corrected chi connectivity index (χ4v) is 2.14. The number of aliphatic hydroxyl groups is 1. The predicted molar refractivity (Wildman–Crippen MR) is 67.0 cm³/mol. The van der Waals surface area contributed by atoms with Crippen LogP contribution in [0.3, 0.4) is 0 Å². The molecular weight excluding hydrogens is 240 g/mol. The molecular formula is C12H15ClN2O2. The SMILES string of the molecule is Nc1cccc(Cl)c1C(=O)NCC1(O)CCC1. The predicted octanol–water partition coefficient (Wildman–Crippen LogP) is 1.57. The Hall–Kier alpha value is -1.26. The first-order chi connectivity index (χ1) is 8.02. The summed E-state index contributed by atoms with van der Waals surface area (Å²) in [5.74, 6) is -0.339. The molecule has 0 aromatic heterocycles. The Balaban J connectivity index is 2.04. The van der Waals surface area contributed by atoms with Gasteiger partial charge in [-0.3, -0.25) is 4.79 Å². The number of hydrogen-bond acceptors (Lipinski definition) is 3. The highest BCUT2D eigenvalue weighted by atomic mass is 35.5. The van der Waals surface area contributed by atoms with Gasteiger partial charge >= 0.3 is 0 Å². The van der Waals surface area contributed by atoms with Gasteiger partial charge < -0.3 is 16.2 Å². The molecule has 0 atom stereocenters. The molecule has 17 heavy (non-hydrogen) atoms. The quantitative estimate of drug-likeness (QED) is 0.717. The monoisotopic (exact) mass is 254 g/mol. The summed E-state index contributed by atoms with van der Waals surface area (Å²) in [5.41, 5.74) is 5.57. The van der Waals surface area contributed by atoms with Crippen LogP contribution in [0.15, 0.2) is 18.2 Å². The third-order valence-electron chi connectivity index (χ3n) is 3.14. The first kappa shape index (κ1) is 12.2. The number of amides is 1. The van der Waals surface area contributed by atoms with Crippen LogP contribution in [0.2, 0.25) is 5.02 Å². The molecule has 1 aromatic carbocycles. The smallest absolute Gasteiger partial charge is 0.254 e. The van der Waals surface area contributed by atoms with Crippen molar-refractivity contribution in [3.05, 3.63) is 28.8 Å². The number of benzene rings is 1. The molecule has 0 spiro atoms. The molecule has 0 aliphatic heterocycles. The fourth-order valence-electron chi connectivity index (χ4n) is 1.88. The molecule has 1 aromatic rings. The van der Waals surface area contributed by atoms with Crippen LogP contribution in [0.25, 0.3) is 0 Å². The molecule has 1 fully saturated rings. The van der Waals surface area contributed by atoms with Gasteiger partial charge in [0.25, 0.3) is 5.91 Å². The molecule has 1 saturated carbocycles. The number of nitrogen functional groups attached to an aromatic ring is 1. The maximum atomic E-state index is 11.9. The Morgan fingerprint density at radius 2 is 2.24 bits per heavy atom. The summed E-state index contributed by atoms with van der Waals surface area (Å²) in [6, 6.07) is 4.93. The lowest BCUT2D eigenvalue weighted by molar-refractivity contribution is -0.0300. The molecule has 1 aliphatic carbocycles. The van der Waals surface area contributed by atoms with Gasteiger partial charge in [-0.15, -0.1) is 0 Å². The van der Waals surface area contributed by atoms with Gasteiger partial charge in [0.1, 0.15) is 0 Å². The lowest BCUT2D eigenvalue weighted by atomic mass is 9.80. The molecule has 1 aliphatic rings. The maximum Gasteiger partial charge on any atom is 0.254 e. The number of carbonyl (C=O) groups is 1. The number of carbonyl (C=O) groups excluding carboxylic acids is 1. The van der Waals surface area contributed by atoms with Crippen molar-refractivity contribution >= 4 is 23.2 Å². The number of halogens is 1. The summed E-state index contributed by atoms with van der Waals surface area (Å²) >= 11 is 5.92. The van der Waals surface area contributed by atoms with E-state index >= 15 is 0 Å². The normalized spacial score (nSPS) is 17.3. The summed E-state index contributed by atoms with van der Waals surface area (Å²) in [6.07, 6.45) is 2.46. The van der Waals surface area contributed by atoms with E-state index in [9.17, 15) is 9.90 Å². The second kappa shape index (κ2) is 4.55. The number of rotatable bonds is 3. The highest BCUT2D eigenvalue weighted by molar-refractivity contribution is 6.34. The van der Waals surface area contributed by atoms with Gasteiger partial charge in [-0.2, -0.15) is 0 Å². The van der Waals surface area contributed by atoms with Crippen molar-refractivity contribution in [3.63, 3.8) is 0 Å². The second-order valence-electron chi connectivity index (χ2n) is 4.46. The number of nitrogens with two attached hydrogens (primary N) is 1. The first-order valence-corrected chi connectivity index (χ1v) is 5.94. The molecule has 0 heterocycles. The number of nitrogens with one attached hydrogen (secondary N) is 1. The van der Waals surface area contributed by atoms with Gasteiger partial charge in [-0.05, 0) is 31.4 Å². The van der Waals surface area contributed by atoms with Crippen LogP contribution in [0.1, 0.15) is 29.6 Å². The third-order valence-corrected chi connectivity index (χ3v) is 3.45. The second-order valence-corrected chi connectivity index (χ2v) is 4.87. The van der Waals surface area contributed by atoms with Crippen molar-refractivity contribution in [1.82, 2.24) is 5.32 Å². The number of hydrogen-bond donors (Lipinski definition) is 3. The molecule has 0 bridgehead atoms. The standard InChI is InChI=1S/C12H15ClN2O2/c13-8-3-1-4-9(14)10(8)11(16)15-7-12(17)5-2-6-12/h1,3-4,17H,2,5-7,14H2,(H,15,16). The molecule has 4 nitrogen and oxygen atoms in total. The van der Waals surface area contributed by atoms with Gasteiger partial charge in [0.15, 0.2) is 0 Å². The Morgan fingerprint density at radius 1 is 1.53 bits per heavy atom. The van der Waals surface area contributed by atoms with Crippen LogP contribution in [-0.4, -0.2) is 23.2 Å². The summed E-state index contributed by atoms with van der Waals surface area (Å²) in [7, 11) is 0. The van der Waals surface area contributed by atoms with Crippen molar-refractivity contribution in [2.24, 2.45) is 0 Å². The van der Waals surface area contributed by atoms with E-state index in [0.717, 1.165) is 19.3 Å². The average Bonchev–Trinajstić information content (AvgIpc) is 2.23. The van der Waals surface area contributed by atoms with Crippen molar-refractivity contribution in [2.45, 2.75) is 24.9 Å². The van der Waals surface area contributed by atoms with Gasteiger partial charge in [-0.1, -0.05) is 17.7 Å². The first-order valence-electron chi connectivity index (χ1n) is 5.56. The molecule has 2 rings (SSSR count). The van der Waals surface area contributed by atoms with Gasteiger partial charge in [0.2, 0.25) is 0 Å². The highest BCUT2D eigenvalue weighted by Gasteiger charge is 2.34. The molecule has 0 radical (unpaired) electrons. The zero-order valence-corrected chi connectivity index (χ0v) is 10.1. The van der Waals surface area contributed by atoms with Crippen LogP contribution >= 0.6 is 11.6 Å². The maximum absolute atomic E-state index is 11.9. The van der Waals surface area contributed by atoms with E-state index < -0.39 is 5.60 Å². The Labute approximate surface area is 105 Å². The Kier molecular flexibility index (Phi) is 3.26. The minimum absolute atomic E-state index is 0.247. The molecule has 0 saturated heterocycles. The topological polar surface area (TPSA) is 75.4 Å². The lowest BCUT2D eigenvalue weighted by Gasteiger charge is -2.36. The van der Waals surface area contributed by atoms with E-state index in [1.165, 1.54) is 0 Å². The van der Waals surface area contributed by atoms with Crippen molar-refractivity contribution in [1.29, 1.82) is 0 Å². The van der Waals surface area contributed by atoms with E-state index in [1.807, 2.05) is 0 Å². The van der Waals surface area contributed by atoms with Gasteiger partial charge in [-0.25, -0.2) is 0 Å². The van der Waals surface area contributed by atoms with Crippen LogP contribution < -0.4 is 11.1 Å². The Morgan fingerprint density at radius 3 is 2.76 bits per heavy atom. The zero-order chi connectivity index (χ0) is 12.5. The van der Waals surface area contributed by atoms with Gasteiger partial charge in [0.05, 0.1) is 16.2 Å². The molecule has 1 amide bonds. The molecule has 5 heteroatoms. The molecule has 92 valence electrons. The third kappa shape index (κ3) is 2.53. The highest BCUT2D eigenvalue weighted by Crippen LogP contribution is 2.31. The zero-order valence-electron chi connectivity index (χ0n) is 9.37. The van der Waals surface area contributed by atoms with Crippen molar-refractivity contribution < 1.29 is 9.90 Å². The van der Waals surface area contributed by atoms with E-state index in [0.29, 0.717) is 10.7 Å². The summed E-state index contributed by atoms with van der Waals surface area (Å²) < 4.78 is 0. The van der Waals surface area contributed by atoms with Crippen LogP contribution in [0.5, 0.6) is 0 Å². The van der Waals surface area contributed by atoms with E-state index in [2.05, 4.69) is 5.32 Å².